The number of benzene rings is 1. The summed E-state index contributed by atoms with van der Waals surface area (Å²) in [5.74, 6) is 3.22. The van der Waals surface area contributed by atoms with Gasteiger partial charge in [0.05, 0.1) is 8.07 Å². The first-order chi connectivity index (χ1) is 16.4. The highest BCUT2D eigenvalue weighted by atomic mass is 31.1. The maximum Gasteiger partial charge on any atom is 0.0776 e. The van der Waals surface area contributed by atoms with Gasteiger partial charge in [0.25, 0.3) is 0 Å². The molecule has 1 aromatic rings. The molecule has 36 heavy (non-hydrogen) atoms. The van der Waals surface area contributed by atoms with Crippen molar-refractivity contribution in [2.24, 2.45) is 23.2 Å². The van der Waals surface area contributed by atoms with E-state index >= 15 is 0 Å². The van der Waals surface area contributed by atoms with Crippen molar-refractivity contribution in [3.8, 4) is 0 Å². The molecule has 5 rings (SSSR count). The standard InChI is InChI=1S/C33H58P2Si/c1-30(2,3)35(31(4,5)6)22-28-17-29(36(9,10)11)13-12-27(28)21-34-32(7,8)23-33-18-24-14-25(19-33)16-26(15-24)20-33/h12-13,17,24-26,34H,14-16,18-23H2,1-11H3. The van der Waals surface area contributed by atoms with Gasteiger partial charge in [-0.05, 0) is 107 Å². The third kappa shape index (κ3) is 6.89. The fourth-order valence-electron chi connectivity index (χ4n) is 8.90. The van der Waals surface area contributed by atoms with Crippen LogP contribution in [0.15, 0.2) is 18.2 Å². The minimum Gasteiger partial charge on any atom is -0.112 e. The van der Waals surface area contributed by atoms with Gasteiger partial charge in [-0.25, -0.2) is 0 Å². The van der Waals surface area contributed by atoms with Crippen LogP contribution in [0.25, 0.3) is 0 Å². The van der Waals surface area contributed by atoms with E-state index in [2.05, 4.69) is 93.2 Å². The van der Waals surface area contributed by atoms with Crippen LogP contribution in [0, 0.1) is 23.2 Å². The van der Waals surface area contributed by atoms with Gasteiger partial charge in [-0.15, -0.1) is 8.58 Å². The van der Waals surface area contributed by atoms with E-state index in [1.54, 1.807) is 54.8 Å². The predicted molar refractivity (Wildman–Crippen MR) is 171 cm³/mol. The van der Waals surface area contributed by atoms with Gasteiger partial charge in [-0.1, -0.05) is 106 Å². The summed E-state index contributed by atoms with van der Waals surface area (Å²) in [5, 5.41) is 2.87. The minimum absolute atomic E-state index is 0.126. The molecule has 0 heterocycles. The number of hydrogen-bond donors (Lipinski definition) is 0. The molecule has 4 aliphatic rings. The first-order valence-corrected chi connectivity index (χ1v) is 21.2. The van der Waals surface area contributed by atoms with Crippen molar-refractivity contribution in [3.63, 3.8) is 0 Å². The molecule has 0 saturated heterocycles. The molecule has 4 fully saturated rings. The summed E-state index contributed by atoms with van der Waals surface area (Å²) in [6.45, 7) is 27.7. The third-order valence-electron chi connectivity index (χ3n) is 9.76. The Labute approximate surface area is 229 Å². The molecule has 0 N–H and O–H groups in total. The Kier molecular flexibility index (Phi) is 8.17. The van der Waals surface area contributed by atoms with Crippen LogP contribution < -0.4 is 5.19 Å². The van der Waals surface area contributed by atoms with Gasteiger partial charge < -0.3 is 0 Å². The second kappa shape index (κ2) is 10.0. The number of hydrogen-bond acceptors (Lipinski definition) is 0. The Hall–Kier alpha value is 0.297. The molecule has 0 aromatic heterocycles. The van der Waals surface area contributed by atoms with Crippen molar-refractivity contribution < 1.29 is 0 Å². The highest BCUT2D eigenvalue weighted by molar-refractivity contribution is 7.60. The number of rotatable bonds is 8. The van der Waals surface area contributed by atoms with Crippen LogP contribution in [0.2, 0.25) is 19.6 Å². The lowest BCUT2D eigenvalue weighted by molar-refractivity contribution is -0.0609. The molecule has 4 aliphatic carbocycles. The summed E-state index contributed by atoms with van der Waals surface area (Å²) >= 11 is 0. The quantitative estimate of drug-likeness (QED) is 0.225. The fourth-order valence-corrected chi connectivity index (χ4v) is 15.2. The Morgan fingerprint density at radius 3 is 1.75 bits per heavy atom. The van der Waals surface area contributed by atoms with E-state index in [-0.39, 0.29) is 7.92 Å². The molecule has 0 nitrogen and oxygen atoms in total. The summed E-state index contributed by atoms with van der Waals surface area (Å²) in [5.41, 5.74) is 4.07. The molecule has 204 valence electrons. The van der Waals surface area contributed by atoms with Crippen LogP contribution in [-0.4, -0.2) is 23.5 Å². The molecule has 0 amide bonds. The van der Waals surface area contributed by atoms with Gasteiger partial charge in [0.15, 0.2) is 0 Å². The SMILES string of the molecule is CC(C)(CC12CC3CC(CC(C3)C1)C2)PCc1ccc([Si](C)(C)C)cc1CP(C(C)(C)C)C(C)(C)C. The summed E-state index contributed by atoms with van der Waals surface area (Å²) in [6, 6.07) is 7.75. The Morgan fingerprint density at radius 1 is 0.806 bits per heavy atom. The van der Waals surface area contributed by atoms with Crippen molar-refractivity contribution in [2.45, 2.75) is 148 Å². The van der Waals surface area contributed by atoms with Crippen LogP contribution in [0.1, 0.15) is 111 Å². The lowest BCUT2D eigenvalue weighted by atomic mass is 9.48. The molecular weight excluding hydrogens is 486 g/mol. The molecule has 4 saturated carbocycles. The van der Waals surface area contributed by atoms with Gasteiger partial charge in [0, 0.05) is 0 Å². The maximum atomic E-state index is 2.67. The molecule has 0 radical (unpaired) electrons. The summed E-state index contributed by atoms with van der Waals surface area (Å²) in [6.07, 6.45) is 13.5. The summed E-state index contributed by atoms with van der Waals surface area (Å²) in [7, 11) is -0.418. The zero-order valence-corrected chi connectivity index (χ0v) is 28.7. The van der Waals surface area contributed by atoms with E-state index in [4.69, 9.17) is 0 Å². The average Bonchev–Trinajstić information content (AvgIpc) is 2.66. The molecule has 3 heteroatoms. The molecule has 1 aromatic carbocycles. The van der Waals surface area contributed by atoms with Crippen molar-refractivity contribution in [2.75, 3.05) is 0 Å². The molecule has 4 bridgehead atoms. The van der Waals surface area contributed by atoms with Crippen molar-refractivity contribution in [1.82, 2.24) is 0 Å². The van der Waals surface area contributed by atoms with Gasteiger partial charge >= 0.3 is 0 Å². The summed E-state index contributed by atoms with van der Waals surface area (Å²) < 4.78 is 0. The topological polar surface area (TPSA) is 0 Å². The zero-order chi connectivity index (χ0) is 26.7. The van der Waals surface area contributed by atoms with E-state index in [0.29, 0.717) is 20.9 Å². The van der Waals surface area contributed by atoms with Gasteiger partial charge in [0.1, 0.15) is 0 Å². The Bertz CT molecular complexity index is 875. The molecule has 0 spiro atoms. The maximum absolute atomic E-state index is 2.67. The van der Waals surface area contributed by atoms with Crippen LogP contribution >= 0.6 is 16.5 Å². The van der Waals surface area contributed by atoms with Crippen LogP contribution in [0.5, 0.6) is 0 Å². The third-order valence-corrected chi connectivity index (χ3v) is 17.4. The fraction of sp³-hybridized carbons (Fsp3) is 0.818. The zero-order valence-electron chi connectivity index (χ0n) is 25.8. The molecular formula is C33H58P2Si. The van der Waals surface area contributed by atoms with Crippen molar-refractivity contribution in [1.29, 1.82) is 0 Å². The molecule has 1 atom stereocenters. The minimum atomic E-state index is -1.33. The lowest BCUT2D eigenvalue weighted by Gasteiger charge is -2.58. The Balaban J connectivity index is 1.54. The largest absolute Gasteiger partial charge is 0.112 e. The van der Waals surface area contributed by atoms with Crippen LogP contribution in [0.4, 0.5) is 0 Å². The van der Waals surface area contributed by atoms with Crippen molar-refractivity contribution in [3.05, 3.63) is 29.3 Å². The van der Waals surface area contributed by atoms with E-state index in [9.17, 15) is 0 Å². The van der Waals surface area contributed by atoms with Crippen LogP contribution in [0.3, 0.4) is 0 Å². The van der Waals surface area contributed by atoms with Crippen LogP contribution in [-0.2, 0) is 12.3 Å². The Morgan fingerprint density at radius 2 is 1.31 bits per heavy atom. The monoisotopic (exact) mass is 544 g/mol. The molecule has 1 unspecified atom stereocenters. The summed E-state index contributed by atoms with van der Waals surface area (Å²) in [4.78, 5) is 0. The normalized spacial score (nSPS) is 29.2. The average molecular weight is 545 g/mol. The second-order valence-corrected chi connectivity index (χ2v) is 28.0. The first-order valence-electron chi connectivity index (χ1n) is 15.0. The van der Waals surface area contributed by atoms with Gasteiger partial charge in [-0.3, -0.25) is 0 Å². The van der Waals surface area contributed by atoms with E-state index in [0.717, 1.165) is 26.3 Å². The first kappa shape index (κ1) is 29.3. The molecule has 0 aliphatic heterocycles. The van der Waals surface area contributed by atoms with E-state index in [1.165, 1.54) is 18.7 Å². The van der Waals surface area contributed by atoms with Crippen molar-refractivity contribution >= 4 is 29.8 Å². The van der Waals surface area contributed by atoms with E-state index in [1.807, 2.05) is 0 Å². The smallest absolute Gasteiger partial charge is 0.0776 e. The highest BCUT2D eigenvalue weighted by Crippen LogP contribution is 2.64. The van der Waals surface area contributed by atoms with Gasteiger partial charge in [0.2, 0.25) is 0 Å². The predicted octanol–water partition coefficient (Wildman–Crippen LogP) is 10.4. The highest BCUT2D eigenvalue weighted by Gasteiger charge is 2.52. The van der Waals surface area contributed by atoms with Gasteiger partial charge in [-0.2, -0.15) is 0 Å². The van der Waals surface area contributed by atoms with E-state index < -0.39 is 8.07 Å². The second-order valence-electron chi connectivity index (χ2n) is 17.0. The lowest BCUT2D eigenvalue weighted by Crippen LogP contribution is -2.48.